The summed E-state index contributed by atoms with van der Waals surface area (Å²) < 4.78 is 11.3. The van der Waals surface area contributed by atoms with E-state index in [2.05, 4.69) is 20.8 Å². The maximum Gasteiger partial charge on any atom is 0.291 e. The summed E-state index contributed by atoms with van der Waals surface area (Å²) in [5.41, 5.74) is 6.33. The van der Waals surface area contributed by atoms with E-state index in [1.54, 1.807) is 25.3 Å². The molecule has 0 saturated carbocycles. The van der Waals surface area contributed by atoms with Crippen LogP contribution in [0.1, 0.15) is 50.8 Å². The topological polar surface area (TPSA) is 106 Å². The molecule has 2 N–H and O–H groups in total. The molecule has 8 heteroatoms. The van der Waals surface area contributed by atoms with Crippen LogP contribution in [0, 0.1) is 6.92 Å². The van der Waals surface area contributed by atoms with E-state index in [0.29, 0.717) is 41.3 Å². The predicted molar refractivity (Wildman–Crippen MR) is 133 cm³/mol. The van der Waals surface area contributed by atoms with Crippen LogP contribution < -0.4 is 15.5 Å². The van der Waals surface area contributed by atoms with Crippen molar-refractivity contribution in [2.24, 2.45) is 5.10 Å². The largest absolute Gasteiger partial charge is 0.495 e. The average Bonchev–Trinajstić information content (AvgIpc) is 3.24. The maximum atomic E-state index is 13.0. The van der Waals surface area contributed by atoms with Crippen LogP contribution in [0.4, 0.5) is 5.69 Å². The van der Waals surface area contributed by atoms with Gasteiger partial charge < -0.3 is 14.5 Å². The smallest absolute Gasteiger partial charge is 0.291 e. The van der Waals surface area contributed by atoms with E-state index < -0.39 is 5.91 Å². The molecule has 2 aromatic carbocycles. The van der Waals surface area contributed by atoms with Crippen molar-refractivity contribution in [1.29, 1.82) is 0 Å². The summed E-state index contributed by atoms with van der Waals surface area (Å²) in [6.07, 6.45) is 2.15. The molecule has 4 aromatic rings. The number of fused-ring (bicyclic) bond motifs is 2. The third-order valence-electron chi connectivity index (χ3n) is 6.01. The van der Waals surface area contributed by atoms with Crippen molar-refractivity contribution in [1.82, 2.24) is 10.4 Å². The van der Waals surface area contributed by atoms with Crippen molar-refractivity contribution in [2.45, 2.75) is 26.2 Å². The Balaban J connectivity index is 1.38. The SMILES string of the molecule is COc1ccccc1NC(=O)c1oc2c(c1C)/C(=N/NC(=O)c1ccc3ccccc3n1)CCC2. The number of hydrazone groups is 1. The molecule has 0 radical (unpaired) electrons. The number of hydrogen-bond acceptors (Lipinski definition) is 6. The fraction of sp³-hybridized carbons (Fsp3) is 0.185. The van der Waals surface area contributed by atoms with E-state index >= 15 is 0 Å². The van der Waals surface area contributed by atoms with Crippen LogP contribution in [0.3, 0.4) is 0 Å². The van der Waals surface area contributed by atoms with Crippen LogP contribution in [0.2, 0.25) is 0 Å². The lowest BCUT2D eigenvalue weighted by Crippen LogP contribution is -2.23. The molecule has 0 aliphatic heterocycles. The lowest BCUT2D eigenvalue weighted by molar-refractivity contribution is 0.0949. The highest BCUT2D eigenvalue weighted by Crippen LogP contribution is 2.31. The normalized spacial score (nSPS) is 13.9. The van der Waals surface area contributed by atoms with Gasteiger partial charge in [-0.25, -0.2) is 10.4 Å². The van der Waals surface area contributed by atoms with Gasteiger partial charge in [-0.1, -0.05) is 36.4 Å². The summed E-state index contributed by atoms with van der Waals surface area (Å²) in [7, 11) is 1.55. The van der Waals surface area contributed by atoms with Crippen LogP contribution in [-0.2, 0) is 6.42 Å². The number of aromatic nitrogens is 1. The number of methoxy groups -OCH3 is 1. The first-order valence-electron chi connectivity index (χ1n) is 11.3. The minimum Gasteiger partial charge on any atom is -0.495 e. The molecule has 0 atom stereocenters. The number of anilines is 1. The molecule has 176 valence electrons. The fourth-order valence-electron chi connectivity index (χ4n) is 4.29. The van der Waals surface area contributed by atoms with Crippen LogP contribution in [-0.4, -0.2) is 29.6 Å². The second kappa shape index (κ2) is 9.42. The third kappa shape index (κ3) is 4.38. The maximum absolute atomic E-state index is 13.0. The lowest BCUT2D eigenvalue weighted by atomic mass is 9.93. The Morgan fingerprint density at radius 3 is 2.66 bits per heavy atom. The summed E-state index contributed by atoms with van der Waals surface area (Å²) in [6, 6.07) is 18.3. The molecule has 2 heterocycles. The minimum atomic E-state index is -0.398. The first-order chi connectivity index (χ1) is 17.0. The number of para-hydroxylation sites is 3. The van der Waals surface area contributed by atoms with E-state index in [1.165, 1.54) is 0 Å². The molecule has 8 nitrogen and oxygen atoms in total. The van der Waals surface area contributed by atoms with Crippen LogP contribution in [0.15, 0.2) is 70.2 Å². The van der Waals surface area contributed by atoms with Crippen molar-refractivity contribution in [3.05, 3.63) is 89.0 Å². The van der Waals surface area contributed by atoms with Gasteiger partial charge in [0.15, 0.2) is 5.76 Å². The Kier molecular flexibility index (Phi) is 6.01. The first kappa shape index (κ1) is 22.3. The van der Waals surface area contributed by atoms with Gasteiger partial charge >= 0.3 is 0 Å². The molecule has 0 spiro atoms. The van der Waals surface area contributed by atoms with Gasteiger partial charge in [-0.05, 0) is 44.0 Å². The molecule has 1 aliphatic carbocycles. The number of carbonyl (C=O) groups is 2. The second-order valence-electron chi connectivity index (χ2n) is 8.25. The van der Waals surface area contributed by atoms with E-state index in [1.807, 2.05) is 49.4 Å². The molecular weight excluding hydrogens is 444 g/mol. The highest BCUT2D eigenvalue weighted by molar-refractivity contribution is 6.10. The zero-order valence-corrected chi connectivity index (χ0v) is 19.4. The molecule has 0 saturated heterocycles. The number of rotatable bonds is 5. The van der Waals surface area contributed by atoms with Crippen molar-refractivity contribution >= 4 is 34.1 Å². The van der Waals surface area contributed by atoms with Crippen molar-refractivity contribution in [3.8, 4) is 5.75 Å². The summed E-state index contributed by atoms with van der Waals surface area (Å²) in [4.78, 5) is 30.2. The van der Waals surface area contributed by atoms with E-state index in [-0.39, 0.29) is 17.4 Å². The first-order valence-corrected chi connectivity index (χ1v) is 11.3. The van der Waals surface area contributed by atoms with Gasteiger partial charge in [-0.3, -0.25) is 9.59 Å². The number of aryl methyl sites for hydroxylation is 1. The van der Waals surface area contributed by atoms with Gasteiger partial charge in [0.25, 0.3) is 11.8 Å². The summed E-state index contributed by atoms with van der Waals surface area (Å²) in [5, 5.41) is 8.20. The van der Waals surface area contributed by atoms with Gasteiger partial charge in [0.1, 0.15) is 17.2 Å². The number of carbonyl (C=O) groups excluding carboxylic acids is 2. The molecule has 35 heavy (non-hydrogen) atoms. The quantitative estimate of drug-likeness (QED) is 0.407. The summed E-state index contributed by atoms with van der Waals surface area (Å²) >= 11 is 0. The molecule has 0 unspecified atom stereocenters. The minimum absolute atomic E-state index is 0.220. The van der Waals surface area contributed by atoms with Gasteiger partial charge in [-0.2, -0.15) is 5.10 Å². The second-order valence-corrected chi connectivity index (χ2v) is 8.25. The van der Waals surface area contributed by atoms with E-state index in [9.17, 15) is 9.59 Å². The zero-order valence-electron chi connectivity index (χ0n) is 19.4. The van der Waals surface area contributed by atoms with Crippen LogP contribution in [0.25, 0.3) is 10.9 Å². The Labute approximate surface area is 202 Å². The summed E-state index contributed by atoms with van der Waals surface area (Å²) in [6.45, 7) is 1.83. The highest BCUT2D eigenvalue weighted by atomic mass is 16.5. The summed E-state index contributed by atoms with van der Waals surface area (Å²) in [5.74, 6) is 0.701. The van der Waals surface area contributed by atoms with Crippen molar-refractivity contribution in [2.75, 3.05) is 12.4 Å². The van der Waals surface area contributed by atoms with Crippen molar-refractivity contribution < 1.29 is 18.7 Å². The number of amides is 2. The van der Waals surface area contributed by atoms with Gasteiger partial charge in [-0.15, -0.1) is 0 Å². The molecule has 0 bridgehead atoms. The number of hydrogen-bond donors (Lipinski definition) is 2. The van der Waals surface area contributed by atoms with Gasteiger partial charge in [0.05, 0.1) is 24.0 Å². The standard InChI is InChI=1S/C27H24N4O4/c1-16-24-20(30-31-26(32)21-15-14-17-8-3-4-9-18(17)28-21)11-7-13-23(24)35-25(16)27(33)29-19-10-5-6-12-22(19)34-2/h3-6,8-10,12,14-15H,7,11,13H2,1-2H3,(H,29,33)(H,31,32)/b30-20+. The van der Waals surface area contributed by atoms with Crippen molar-refractivity contribution in [3.63, 3.8) is 0 Å². The number of nitrogens with one attached hydrogen (secondary N) is 2. The van der Waals surface area contributed by atoms with Gasteiger partial charge in [0.2, 0.25) is 0 Å². The molecule has 5 rings (SSSR count). The molecule has 2 amide bonds. The Bertz CT molecular complexity index is 1470. The number of pyridine rings is 1. The number of ether oxygens (including phenoxy) is 1. The zero-order chi connectivity index (χ0) is 24.4. The highest BCUT2D eigenvalue weighted by Gasteiger charge is 2.28. The molecule has 1 aliphatic rings. The molecular formula is C27H24N4O4. The Morgan fingerprint density at radius 2 is 1.80 bits per heavy atom. The number of benzene rings is 2. The Hall–Kier alpha value is -4.46. The van der Waals surface area contributed by atoms with E-state index in [0.717, 1.165) is 22.9 Å². The fourth-order valence-corrected chi connectivity index (χ4v) is 4.29. The Morgan fingerprint density at radius 1 is 1.00 bits per heavy atom. The van der Waals surface area contributed by atoms with E-state index in [4.69, 9.17) is 9.15 Å². The number of nitrogens with zero attached hydrogens (tertiary/aromatic N) is 2. The van der Waals surface area contributed by atoms with Crippen LogP contribution in [0.5, 0.6) is 5.75 Å². The number of furan rings is 1. The monoisotopic (exact) mass is 468 g/mol. The molecule has 0 fully saturated rings. The lowest BCUT2D eigenvalue weighted by Gasteiger charge is -2.13. The predicted octanol–water partition coefficient (Wildman–Crippen LogP) is 4.87. The average molecular weight is 469 g/mol. The third-order valence-corrected chi connectivity index (χ3v) is 6.01. The molecule has 2 aromatic heterocycles. The van der Waals surface area contributed by atoms with Gasteiger partial charge in [0, 0.05) is 22.9 Å². The van der Waals surface area contributed by atoms with Crippen LogP contribution >= 0.6 is 0 Å².